The number of hydrogen-bond acceptors (Lipinski definition) is 4. The van der Waals surface area contributed by atoms with Gasteiger partial charge < -0.3 is 24.4 Å². The Balaban J connectivity index is 1.66. The van der Waals surface area contributed by atoms with Gasteiger partial charge in [0.15, 0.2) is 22.3 Å². The lowest BCUT2D eigenvalue weighted by Gasteiger charge is -2.52. The molecular weight excluding hydrogens is 348 g/mol. The molecule has 5 nitrogen and oxygen atoms in total. The Bertz CT molecular complexity index is 839. The van der Waals surface area contributed by atoms with Crippen LogP contribution in [0.5, 0.6) is 17.2 Å². The van der Waals surface area contributed by atoms with Crippen LogP contribution >= 0.6 is 12.2 Å². The number of nitrogens with one attached hydrogen (secondary N) is 1. The zero-order valence-electron chi connectivity index (χ0n) is 15.1. The molecule has 2 unspecified atom stereocenters. The average Bonchev–Trinajstić information content (AvgIpc) is 2.65. The third-order valence-corrected chi connectivity index (χ3v) is 5.46. The Hall–Kier alpha value is -2.47. The number of para-hydroxylation sites is 1. The van der Waals surface area contributed by atoms with Gasteiger partial charge in [-0.05, 0) is 42.9 Å². The Morgan fingerprint density at radius 3 is 2.65 bits per heavy atom. The summed E-state index contributed by atoms with van der Waals surface area (Å²) < 4.78 is 17.2. The summed E-state index contributed by atoms with van der Waals surface area (Å²) >= 11 is 5.67. The van der Waals surface area contributed by atoms with Crippen LogP contribution in [0.1, 0.15) is 30.5 Å². The quantitative estimate of drug-likeness (QED) is 0.829. The minimum absolute atomic E-state index is 0.124. The molecule has 2 aromatic carbocycles. The number of ether oxygens (including phenoxy) is 3. The molecule has 2 bridgehead atoms. The highest BCUT2D eigenvalue weighted by molar-refractivity contribution is 7.80. The molecule has 0 spiro atoms. The molecule has 0 amide bonds. The van der Waals surface area contributed by atoms with E-state index in [1.54, 1.807) is 14.2 Å². The largest absolute Gasteiger partial charge is 0.497 e. The molecule has 2 aromatic rings. The maximum Gasteiger partial charge on any atom is 0.184 e. The Morgan fingerprint density at radius 1 is 1.19 bits per heavy atom. The molecule has 26 heavy (non-hydrogen) atoms. The molecule has 6 heteroatoms. The maximum absolute atomic E-state index is 6.46. The van der Waals surface area contributed by atoms with Gasteiger partial charge in [-0.1, -0.05) is 24.3 Å². The zero-order valence-corrected chi connectivity index (χ0v) is 15.9. The fraction of sp³-hybridized carbons (Fsp3) is 0.350. The molecule has 2 aliphatic heterocycles. The van der Waals surface area contributed by atoms with Gasteiger partial charge in [-0.25, -0.2) is 0 Å². The van der Waals surface area contributed by atoms with Gasteiger partial charge >= 0.3 is 0 Å². The SMILES string of the molecule is COc1ccc(CN2C(=S)NC3CC2(C)Oc2c(OC)cccc23)cc1. The number of fused-ring (bicyclic) bond motifs is 4. The smallest absolute Gasteiger partial charge is 0.184 e. The summed E-state index contributed by atoms with van der Waals surface area (Å²) in [5, 5.41) is 4.17. The van der Waals surface area contributed by atoms with Crippen molar-refractivity contribution in [2.75, 3.05) is 14.2 Å². The second kappa shape index (κ2) is 6.36. The van der Waals surface area contributed by atoms with Crippen molar-refractivity contribution < 1.29 is 14.2 Å². The van der Waals surface area contributed by atoms with Gasteiger partial charge in [0.1, 0.15) is 5.75 Å². The fourth-order valence-corrected chi connectivity index (χ4v) is 4.12. The molecule has 2 aliphatic rings. The number of methoxy groups -OCH3 is 2. The molecule has 2 atom stereocenters. The first-order valence-corrected chi connectivity index (χ1v) is 9.02. The van der Waals surface area contributed by atoms with Crippen LogP contribution in [0, 0.1) is 0 Å². The molecule has 2 heterocycles. The molecule has 4 rings (SSSR count). The van der Waals surface area contributed by atoms with Crippen LogP contribution in [-0.2, 0) is 6.54 Å². The Morgan fingerprint density at radius 2 is 1.96 bits per heavy atom. The van der Waals surface area contributed by atoms with Crippen molar-refractivity contribution in [2.24, 2.45) is 0 Å². The van der Waals surface area contributed by atoms with Crippen LogP contribution in [-0.4, -0.2) is 30.0 Å². The summed E-state index contributed by atoms with van der Waals surface area (Å²) in [6.45, 7) is 2.75. The van der Waals surface area contributed by atoms with Crippen LogP contribution < -0.4 is 19.5 Å². The van der Waals surface area contributed by atoms with Crippen LogP contribution in [0.2, 0.25) is 0 Å². The van der Waals surface area contributed by atoms with E-state index < -0.39 is 5.72 Å². The first-order chi connectivity index (χ1) is 12.5. The van der Waals surface area contributed by atoms with Gasteiger partial charge in [0.2, 0.25) is 0 Å². The summed E-state index contributed by atoms with van der Waals surface area (Å²) in [6.07, 6.45) is 0.809. The van der Waals surface area contributed by atoms with Crippen LogP contribution in [0.3, 0.4) is 0 Å². The van der Waals surface area contributed by atoms with Gasteiger partial charge in [0.05, 0.1) is 20.3 Å². The topological polar surface area (TPSA) is 43.0 Å². The third kappa shape index (κ3) is 2.74. The number of rotatable bonds is 4. The van der Waals surface area contributed by atoms with Gasteiger partial charge in [-0.2, -0.15) is 0 Å². The number of nitrogens with zero attached hydrogens (tertiary/aromatic N) is 1. The van der Waals surface area contributed by atoms with Crippen molar-refractivity contribution in [2.45, 2.75) is 31.7 Å². The van der Waals surface area contributed by atoms with E-state index in [-0.39, 0.29) is 6.04 Å². The van der Waals surface area contributed by atoms with Gasteiger partial charge in [-0.15, -0.1) is 0 Å². The van der Waals surface area contributed by atoms with E-state index in [9.17, 15) is 0 Å². The normalized spacial score (nSPS) is 23.6. The fourth-order valence-electron chi connectivity index (χ4n) is 3.72. The first-order valence-electron chi connectivity index (χ1n) is 8.61. The molecule has 0 aromatic heterocycles. The van der Waals surface area contributed by atoms with E-state index in [2.05, 4.69) is 23.2 Å². The Kier molecular flexibility index (Phi) is 4.15. The predicted molar refractivity (Wildman–Crippen MR) is 104 cm³/mol. The van der Waals surface area contributed by atoms with Crippen molar-refractivity contribution >= 4 is 17.3 Å². The summed E-state index contributed by atoms with van der Waals surface area (Å²) in [4.78, 5) is 2.11. The highest BCUT2D eigenvalue weighted by atomic mass is 32.1. The lowest BCUT2D eigenvalue weighted by molar-refractivity contribution is -0.0736. The second-order valence-corrected chi connectivity index (χ2v) is 7.18. The standard InChI is InChI=1S/C20H22N2O3S/c1-20-11-16(15-5-4-6-17(24-3)18(15)25-20)21-19(26)22(20)12-13-7-9-14(23-2)10-8-13/h4-10,16H,11-12H2,1-3H3,(H,21,26). The number of benzene rings is 2. The molecule has 1 saturated heterocycles. The molecule has 1 N–H and O–H groups in total. The van der Waals surface area contributed by atoms with E-state index in [1.165, 1.54) is 0 Å². The summed E-state index contributed by atoms with van der Waals surface area (Å²) in [6, 6.07) is 14.1. The molecular formula is C20H22N2O3S. The van der Waals surface area contributed by atoms with Crippen LogP contribution in [0.4, 0.5) is 0 Å². The van der Waals surface area contributed by atoms with Gasteiger partial charge in [-0.3, -0.25) is 0 Å². The minimum atomic E-state index is -0.533. The summed E-state index contributed by atoms with van der Waals surface area (Å²) in [7, 11) is 3.33. The predicted octanol–water partition coefficient (Wildman–Crippen LogP) is 3.63. The molecule has 0 saturated carbocycles. The highest BCUT2D eigenvalue weighted by Gasteiger charge is 2.48. The van der Waals surface area contributed by atoms with Gasteiger partial charge in [0.25, 0.3) is 0 Å². The average molecular weight is 370 g/mol. The van der Waals surface area contributed by atoms with E-state index in [1.807, 2.05) is 36.4 Å². The lowest BCUT2D eigenvalue weighted by Crippen LogP contribution is -2.64. The molecule has 1 fully saturated rings. The zero-order chi connectivity index (χ0) is 18.3. The molecule has 136 valence electrons. The van der Waals surface area contributed by atoms with Crippen molar-refractivity contribution in [1.29, 1.82) is 0 Å². The van der Waals surface area contributed by atoms with E-state index in [4.69, 9.17) is 26.4 Å². The van der Waals surface area contributed by atoms with Gasteiger partial charge in [0, 0.05) is 18.5 Å². The number of hydrogen-bond donors (Lipinski definition) is 1. The van der Waals surface area contributed by atoms with E-state index in [0.717, 1.165) is 34.8 Å². The molecule has 0 aliphatic carbocycles. The van der Waals surface area contributed by atoms with Crippen molar-refractivity contribution in [3.05, 3.63) is 53.6 Å². The van der Waals surface area contributed by atoms with E-state index >= 15 is 0 Å². The molecule has 0 radical (unpaired) electrons. The minimum Gasteiger partial charge on any atom is -0.497 e. The van der Waals surface area contributed by atoms with Crippen molar-refractivity contribution in [3.8, 4) is 17.2 Å². The monoisotopic (exact) mass is 370 g/mol. The third-order valence-electron chi connectivity index (χ3n) is 5.12. The number of thiocarbonyl (C=S) groups is 1. The van der Waals surface area contributed by atoms with Crippen molar-refractivity contribution in [1.82, 2.24) is 10.2 Å². The first kappa shape index (κ1) is 17.0. The lowest BCUT2D eigenvalue weighted by atomic mass is 9.90. The van der Waals surface area contributed by atoms with Crippen LogP contribution in [0.15, 0.2) is 42.5 Å². The maximum atomic E-state index is 6.46. The highest BCUT2D eigenvalue weighted by Crippen LogP contribution is 2.48. The second-order valence-electron chi connectivity index (χ2n) is 6.80. The van der Waals surface area contributed by atoms with Crippen LogP contribution in [0.25, 0.3) is 0 Å². The van der Waals surface area contributed by atoms with E-state index in [0.29, 0.717) is 11.7 Å². The summed E-state index contributed by atoms with van der Waals surface area (Å²) in [5.74, 6) is 2.38. The van der Waals surface area contributed by atoms with Crippen molar-refractivity contribution in [3.63, 3.8) is 0 Å². The summed E-state index contributed by atoms with van der Waals surface area (Å²) in [5.41, 5.74) is 1.70. The Labute approximate surface area is 158 Å².